The van der Waals surface area contributed by atoms with E-state index in [0.29, 0.717) is 13.0 Å². The second-order valence-corrected chi connectivity index (χ2v) is 4.45. The van der Waals surface area contributed by atoms with Crippen molar-refractivity contribution in [2.24, 2.45) is 5.73 Å². The first-order valence-electron chi connectivity index (χ1n) is 4.98. The van der Waals surface area contributed by atoms with Crippen LogP contribution in [0.5, 0.6) is 0 Å². The Hall–Kier alpha value is -1.29. The van der Waals surface area contributed by atoms with E-state index in [4.69, 9.17) is 10.2 Å². The number of hydrogen-bond acceptors (Lipinski definition) is 3. The van der Waals surface area contributed by atoms with Gasteiger partial charge in [0, 0.05) is 12.0 Å². The first-order valence-corrected chi connectivity index (χ1v) is 4.98. The summed E-state index contributed by atoms with van der Waals surface area (Å²) in [5.74, 6) is 1.55. The Morgan fingerprint density at radius 2 is 2.20 bits per heavy atom. The van der Waals surface area contributed by atoms with Crippen LogP contribution in [0.2, 0.25) is 0 Å². The number of carbonyl (C=O) groups excluding carboxylic acids is 1. The summed E-state index contributed by atoms with van der Waals surface area (Å²) in [5.41, 5.74) is 5.26. The number of nitrogens with one attached hydrogen (secondary N) is 1. The van der Waals surface area contributed by atoms with Gasteiger partial charge in [-0.2, -0.15) is 0 Å². The van der Waals surface area contributed by atoms with E-state index in [1.807, 2.05) is 32.9 Å². The minimum Gasteiger partial charge on any atom is -0.465 e. The fraction of sp³-hybridized carbons (Fsp3) is 0.545. The van der Waals surface area contributed by atoms with Gasteiger partial charge in [-0.1, -0.05) is 0 Å². The molecule has 0 aromatic carbocycles. The third kappa shape index (κ3) is 4.65. The molecule has 0 bridgehead atoms. The van der Waals surface area contributed by atoms with Crippen molar-refractivity contribution < 1.29 is 9.21 Å². The Balaban J connectivity index is 2.35. The summed E-state index contributed by atoms with van der Waals surface area (Å²) in [6, 6.07) is 3.72. The van der Waals surface area contributed by atoms with Gasteiger partial charge in [0.2, 0.25) is 5.91 Å². The Morgan fingerprint density at radius 1 is 1.53 bits per heavy atom. The second kappa shape index (κ2) is 4.49. The molecule has 0 unspecified atom stereocenters. The summed E-state index contributed by atoms with van der Waals surface area (Å²) in [7, 11) is 0. The Kier molecular flexibility index (Phi) is 3.52. The lowest BCUT2D eigenvalue weighted by Gasteiger charge is -2.17. The molecule has 0 fully saturated rings. The van der Waals surface area contributed by atoms with Gasteiger partial charge in [0.1, 0.15) is 11.5 Å². The van der Waals surface area contributed by atoms with Gasteiger partial charge >= 0.3 is 0 Å². The molecule has 0 saturated carbocycles. The smallest absolute Gasteiger partial charge is 0.222 e. The van der Waals surface area contributed by atoms with E-state index in [9.17, 15) is 4.79 Å². The minimum absolute atomic E-state index is 0.0587. The van der Waals surface area contributed by atoms with Crippen LogP contribution in [0, 0.1) is 6.92 Å². The zero-order valence-electron chi connectivity index (χ0n) is 9.46. The molecule has 0 atom stereocenters. The molecule has 84 valence electrons. The third-order valence-electron chi connectivity index (χ3n) is 1.87. The number of aryl methyl sites for hydroxylation is 1. The molecule has 0 aliphatic heterocycles. The number of carbonyl (C=O) groups is 1. The first-order chi connectivity index (χ1) is 6.87. The monoisotopic (exact) mass is 210 g/mol. The van der Waals surface area contributed by atoms with Crippen molar-refractivity contribution in [1.82, 2.24) is 5.32 Å². The van der Waals surface area contributed by atoms with Crippen molar-refractivity contribution in [2.45, 2.75) is 39.3 Å². The van der Waals surface area contributed by atoms with Crippen LogP contribution in [0.4, 0.5) is 0 Å². The molecular formula is C11H18N2O2. The molecule has 1 aromatic heterocycles. The van der Waals surface area contributed by atoms with Gasteiger partial charge in [0.05, 0.1) is 6.54 Å². The molecular weight excluding hydrogens is 192 g/mol. The van der Waals surface area contributed by atoms with E-state index in [-0.39, 0.29) is 5.91 Å². The molecule has 1 amide bonds. The summed E-state index contributed by atoms with van der Waals surface area (Å²) < 4.78 is 5.32. The minimum atomic E-state index is -0.469. The fourth-order valence-electron chi connectivity index (χ4n) is 1.24. The topological polar surface area (TPSA) is 68.3 Å². The molecule has 15 heavy (non-hydrogen) atoms. The lowest BCUT2D eigenvalue weighted by atomic mass is 10.0. The number of furan rings is 1. The maximum absolute atomic E-state index is 11.4. The normalized spacial score (nSPS) is 11.5. The molecule has 0 aliphatic carbocycles. The maximum Gasteiger partial charge on any atom is 0.222 e. The van der Waals surface area contributed by atoms with Crippen LogP contribution in [-0.4, -0.2) is 11.4 Å². The average Bonchev–Trinajstić information content (AvgIpc) is 2.45. The maximum atomic E-state index is 11.4. The highest BCUT2D eigenvalue weighted by Crippen LogP contribution is 2.07. The predicted molar refractivity (Wildman–Crippen MR) is 58.2 cm³/mol. The summed E-state index contributed by atoms with van der Waals surface area (Å²) >= 11 is 0. The van der Waals surface area contributed by atoms with Crippen molar-refractivity contribution in [3.63, 3.8) is 0 Å². The van der Waals surface area contributed by atoms with Crippen LogP contribution >= 0.6 is 0 Å². The van der Waals surface area contributed by atoms with Crippen LogP contribution in [0.25, 0.3) is 0 Å². The number of hydrogen-bond donors (Lipinski definition) is 2. The zero-order chi connectivity index (χ0) is 11.5. The molecule has 4 heteroatoms. The first kappa shape index (κ1) is 11.8. The highest BCUT2D eigenvalue weighted by Gasteiger charge is 2.16. The van der Waals surface area contributed by atoms with Crippen LogP contribution < -0.4 is 11.1 Å². The second-order valence-electron chi connectivity index (χ2n) is 4.45. The largest absolute Gasteiger partial charge is 0.465 e. The quantitative estimate of drug-likeness (QED) is 0.787. The fourth-order valence-corrected chi connectivity index (χ4v) is 1.24. The lowest BCUT2D eigenvalue weighted by Crippen LogP contribution is -2.38. The SMILES string of the molecule is Cc1ccc(CNC(=O)CC(C)(C)N)o1. The van der Waals surface area contributed by atoms with E-state index in [0.717, 1.165) is 11.5 Å². The third-order valence-corrected chi connectivity index (χ3v) is 1.87. The van der Waals surface area contributed by atoms with E-state index in [2.05, 4.69) is 5.32 Å². The zero-order valence-corrected chi connectivity index (χ0v) is 9.46. The van der Waals surface area contributed by atoms with Crippen LogP contribution in [0.1, 0.15) is 31.8 Å². The predicted octanol–water partition coefficient (Wildman–Crippen LogP) is 1.33. The molecule has 1 heterocycles. The average molecular weight is 210 g/mol. The number of nitrogens with two attached hydrogens (primary N) is 1. The van der Waals surface area contributed by atoms with E-state index in [1.54, 1.807) is 0 Å². The molecule has 1 aromatic rings. The Labute approximate surface area is 89.8 Å². The molecule has 3 N–H and O–H groups in total. The van der Waals surface area contributed by atoms with Crippen molar-refractivity contribution in [1.29, 1.82) is 0 Å². The van der Waals surface area contributed by atoms with Gasteiger partial charge < -0.3 is 15.5 Å². The van der Waals surface area contributed by atoms with Gasteiger partial charge in [0.25, 0.3) is 0 Å². The highest BCUT2D eigenvalue weighted by molar-refractivity contribution is 5.76. The summed E-state index contributed by atoms with van der Waals surface area (Å²) in [5, 5.41) is 2.76. The van der Waals surface area contributed by atoms with E-state index in [1.165, 1.54) is 0 Å². The van der Waals surface area contributed by atoms with Crippen molar-refractivity contribution >= 4 is 5.91 Å². The molecule has 1 rings (SSSR count). The van der Waals surface area contributed by atoms with E-state index < -0.39 is 5.54 Å². The highest BCUT2D eigenvalue weighted by atomic mass is 16.3. The standard InChI is InChI=1S/C11H18N2O2/c1-8-4-5-9(15-8)7-13-10(14)6-11(2,3)12/h4-5H,6-7,12H2,1-3H3,(H,13,14). The summed E-state index contributed by atoms with van der Waals surface area (Å²) in [6.07, 6.45) is 0.312. The molecule has 0 saturated heterocycles. The van der Waals surface area contributed by atoms with Crippen molar-refractivity contribution in [3.05, 3.63) is 23.7 Å². The Morgan fingerprint density at radius 3 is 2.67 bits per heavy atom. The molecule has 4 nitrogen and oxygen atoms in total. The lowest BCUT2D eigenvalue weighted by molar-refractivity contribution is -0.122. The number of amides is 1. The van der Waals surface area contributed by atoms with Crippen molar-refractivity contribution in [3.8, 4) is 0 Å². The Bertz CT molecular complexity index is 337. The van der Waals surface area contributed by atoms with Crippen LogP contribution in [0.3, 0.4) is 0 Å². The summed E-state index contributed by atoms with van der Waals surface area (Å²) in [6.45, 7) is 5.93. The molecule has 0 spiro atoms. The van der Waals surface area contributed by atoms with Gasteiger partial charge in [0.15, 0.2) is 0 Å². The van der Waals surface area contributed by atoms with Crippen LogP contribution in [0.15, 0.2) is 16.5 Å². The molecule has 0 radical (unpaired) electrons. The summed E-state index contributed by atoms with van der Waals surface area (Å²) in [4.78, 5) is 11.4. The van der Waals surface area contributed by atoms with Gasteiger partial charge in [-0.3, -0.25) is 4.79 Å². The van der Waals surface area contributed by atoms with Gasteiger partial charge in [-0.05, 0) is 32.9 Å². The van der Waals surface area contributed by atoms with E-state index >= 15 is 0 Å². The van der Waals surface area contributed by atoms with Gasteiger partial charge in [-0.15, -0.1) is 0 Å². The van der Waals surface area contributed by atoms with Crippen molar-refractivity contribution in [2.75, 3.05) is 0 Å². The number of rotatable bonds is 4. The molecule has 0 aliphatic rings. The van der Waals surface area contributed by atoms with Crippen LogP contribution in [-0.2, 0) is 11.3 Å². The van der Waals surface area contributed by atoms with Gasteiger partial charge in [-0.25, -0.2) is 0 Å².